The summed E-state index contributed by atoms with van der Waals surface area (Å²) in [4.78, 5) is 22.0. The van der Waals surface area contributed by atoms with Gasteiger partial charge in [-0.15, -0.1) is 12.4 Å². The Kier molecular flexibility index (Phi) is 6.49. The number of nitrogens with zero attached hydrogens (tertiary/aromatic N) is 1. The zero-order chi connectivity index (χ0) is 15.2. The number of anilines is 1. The van der Waals surface area contributed by atoms with Crippen molar-refractivity contribution in [3.05, 3.63) is 70.3 Å². The molecule has 0 aliphatic heterocycles. The summed E-state index contributed by atoms with van der Waals surface area (Å²) in [5, 5.41) is 13.2. The Morgan fingerprint density at radius 2 is 1.73 bits per heavy atom. The topological polar surface area (TPSA) is 98.3 Å². The van der Waals surface area contributed by atoms with Gasteiger partial charge in [-0.1, -0.05) is 30.3 Å². The van der Waals surface area contributed by atoms with Gasteiger partial charge < -0.3 is 11.1 Å². The predicted octanol–water partition coefficient (Wildman–Crippen LogP) is 2.53. The summed E-state index contributed by atoms with van der Waals surface area (Å²) in [6.45, 7) is 0. The fourth-order valence-electron chi connectivity index (χ4n) is 1.86. The van der Waals surface area contributed by atoms with Gasteiger partial charge in [0, 0.05) is 17.8 Å². The van der Waals surface area contributed by atoms with Gasteiger partial charge in [0.1, 0.15) is 0 Å². The number of carbonyl (C=O) groups is 1. The minimum atomic E-state index is -0.678. The Balaban J connectivity index is 0.00000242. The molecule has 1 atom stereocenters. The van der Waals surface area contributed by atoms with Crippen LogP contribution in [0, 0.1) is 10.1 Å². The van der Waals surface area contributed by atoms with Crippen LogP contribution in [0.3, 0.4) is 0 Å². The van der Waals surface area contributed by atoms with Crippen LogP contribution >= 0.6 is 12.4 Å². The van der Waals surface area contributed by atoms with E-state index in [0.29, 0.717) is 12.1 Å². The predicted molar refractivity (Wildman–Crippen MR) is 87.1 cm³/mol. The molecule has 0 heterocycles. The van der Waals surface area contributed by atoms with Gasteiger partial charge in [0.25, 0.3) is 5.69 Å². The van der Waals surface area contributed by atoms with Gasteiger partial charge >= 0.3 is 0 Å². The molecule has 116 valence electrons. The van der Waals surface area contributed by atoms with Gasteiger partial charge in [-0.25, -0.2) is 0 Å². The molecule has 1 unspecified atom stereocenters. The molecule has 0 aromatic heterocycles. The molecule has 0 saturated carbocycles. The van der Waals surface area contributed by atoms with Crippen LogP contribution in [0.2, 0.25) is 0 Å². The Morgan fingerprint density at radius 3 is 2.27 bits per heavy atom. The third kappa shape index (κ3) is 4.83. The number of halogens is 1. The monoisotopic (exact) mass is 321 g/mol. The maximum atomic E-state index is 12.0. The molecule has 1 amide bonds. The average Bonchev–Trinajstić information content (AvgIpc) is 2.48. The van der Waals surface area contributed by atoms with Crippen LogP contribution in [0.25, 0.3) is 0 Å². The summed E-state index contributed by atoms with van der Waals surface area (Å²) < 4.78 is 0. The lowest BCUT2D eigenvalue weighted by atomic mass is 10.1. The van der Waals surface area contributed by atoms with E-state index < -0.39 is 11.0 Å². The number of amides is 1. The fourth-order valence-corrected chi connectivity index (χ4v) is 1.86. The van der Waals surface area contributed by atoms with Crippen molar-refractivity contribution >= 4 is 29.7 Å². The minimum absolute atomic E-state index is 0. The summed E-state index contributed by atoms with van der Waals surface area (Å²) in [7, 11) is 0. The van der Waals surface area contributed by atoms with Crippen LogP contribution in [0.1, 0.15) is 5.56 Å². The molecule has 2 aromatic rings. The highest BCUT2D eigenvalue weighted by molar-refractivity contribution is 5.94. The van der Waals surface area contributed by atoms with Crippen molar-refractivity contribution in [2.75, 3.05) is 5.32 Å². The molecule has 7 heteroatoms. The Bertz CT molecular complexity index is 632. The van der Waals surface area contributed by atoms with E-state index in [1.165, 1.54) is 24.3 Å². The van der Waals surface area contributed by atoms with Crippen molar-refractivity contribution in [3.8, 4) is 0 Å². The van der Waals surface area contributed by atoms with Crippen molar-refractivity contribution in [1.29, 1.82) is 0 Å². The van der Waals surface area contributed by atoms with Crippen LogP contribution in [0.5, 0.6) is 0 Å². The fraction of sp³-hybridized carbons (Fsp3) is 0.133. The van der Waals surface area contributed by atoms with E-state index in [4.69, 9.17) is 5.73 Å². The first-order valence-electron chi connectivity index (χ1n) is 6.41. The van der Waals surface area contributed by atoms with E-state index in [9.17, 15) is 14.9 Å². The molecule has 2 rings (SSSR count). The molecule has 0 aliphatic carbocycles. The zero-order valence-corrected chi connectivity index (χ0v) is 12.5. The van der Waals surface area contributed by atoms with Gasteiger partial charge in [0.05, 0.1) is 11.0 Å². The molecule has 0 spiro atoms. The number of hydrogen-bond donors (Lipinski definition) is 2. The average molecular weight is 322 g/mol. The van der Waals surface area contributed by atoms with E-state index in [1.807, 2.05) is 30.3 Å². The van der Waals surface area contributed by atoms with Crippen LogP contribution in [0.15, 0.2) is 54.6 Å². The maximum absolute atomic E-state index is 12.0. The third-order valence-corrected chi connectivity index (χ3v) is 2.98. The first-order valence-corrected chi connectivity index (χ1v) is 6.41. The number of nitrogens with two attached hydrogens (primary N) is 1. The zero-order valence-electron chi connectivity index (χ0n) is 11.6. The quantitative estimate of drug-likeness (QED) is 0.653. The van der Waals surface area contributed by atoms with Gasteiger partial charge in [0.2, 0.25) is 5.91 Å². The van der Waals surface area contributed by atoms with E-state index in [1.54, 1.807) is 0 Å². The number of nitrogens with one attached hydrogen (secondary N) is 1. The van der Waals surface area contributed by atoms with E-state index in [-0.39, 0.29) is 24.0 Å². The van der Waals surface area contributed by atoms with Gasteiger partial charge in [-0.2, -0.15) is 0 Å². The number of hydrogen-bond acceptors (Lipinski definition) is 4. The number of carbonyl (C=O) groups excluding carboxylic acids is 1. The standard InChI is InChI=1S/C15H15N3O3.ClH/c16-14(10-11-4-2-1-3-5-11)15(19)17-12-6-8-13(9-7-12)18(20)21;/h1-9,14H,10,16H2,(H,17,19);1H. The number of rotatable bonds is 5. The highest BCUT2D eigenvalue weighted by Gasteiger charge is 2.14. The van der Waals surface area contributed by atoms with E-state index >= 15 is 0 Å². The molecule has 0 bridgehead atoms. The second-order valence-electron chi connectivity index (χ2n) is 4.59. The van der Waals surface area contributed by atoms with Crippen molar-refractivity contribution < 1.29 is 9.72 Å². The summed E-state index contributed by atoms with van der Waals surface area (Å²) in [5.41, 5.74) is 7.29. The van der Waals surface area contributed by atoms with Crippen LogP contribution in [-0.4, -0.2) is 16.9 Å². The number of non-ortho nitro benzene ring substituents is 1. The molecule has 6 nitrogen and oxygen atoms in total. The second-order valence-corrected chi connectivity index (χ2v) is 4.59. The number of nitro benzene ring substituents is 1. The van der Waals surface area contributed by atoms with Crippen LogP contribution in [-0.2, 0) is 11.2 Å². The van der Waals surface area contributed by atoms with Gasteiger partial charge in [-0.3, -0.25) is 14.9 Å². The summed E-state index contributed by atoms with van der Waals surface area (Å²) >= 11 is 0. The lowest BCUT2D eigenvalue weighted by Crippen LogP contribution is -2.37. The van der Waals surface area contributed by atoms with Crippen molar-refractivity contribution in [2.24, 2.45) is 5.73 Å². The van der Waals surface area contributed by atoms with Crippen molar-refractivity contribution in [3.63, 3.8) is 0 Å². The first kappa shape index (κ1) is 17.6. The SMILES string of the molecule is Cl.NC(Cc1ccccc1)C(=O)Nc1ccc([N+](=O)[O-])cc1. The Labute approximate surface area is 133 Å². The highest BCUT2D eigenvalue weighted by atomic mass is 35.5. The van der Waals surface area contributed by atoms with E-state index in [2.05, 4.69) is 5.32 Å². The number of nitro groups is 1. The molecule has 2 aromatic carbocycles. The third-order valence-electron chi connectivity index (χ3n) is 2.98. The summed E-state index contributed by atoms with van der Waals surface area (Å²) in [5.74, 6) is -0.326. The van der Waals surface area contributed by atoms with Crippen molar-refractivity contribution in [2.45, 2.75) is 12.5 Å². The van der Waals surface area contributed by atoms with Gasteiger partial charge in [0.15, 0.2) is 0 Å². The van der Waals surface area contributed by atoms with Crippen LogP contribution < -0.4 is 11.1 Å². The Hall–Kier alpha value is -2.44. The molecule has 22 heavy (non-hydrogen) atoms. The smallest absolute Gasteiger partial charge is 0.269 e. The largest absolute Gasteiger partial charge is 0.325 e. The lowest BCUT2D eigenvalue weighted by molar-refractivity contribution is -0.384. The molecule has 0 saturated heterocycles. The van der Waals surface area contributed by atoms with Crippen LogP contribution in [0.4, 0.5) is 11.4 Å². The number of benzene rings is 2. The van der Waals surface area contributed by atoms with Gasteiger partial charge in [-0.05, 0) is 24.1 Å². The molecular formula is C15H16ClN3O3. The van der Waals surface area contributed by atoms with Crippen molar-refractivity contribution in [1.82, 2.24) is 0 Å². The molecule has 0 fully saturated rings. The lowest BCUT2D eigenvalue weighted by Gasteiger charge is -2.12. The molecule has 3 N–H and O–H groups in total. The maximum Gasteiger partial charge on any atom is 0.269 e. The normalized spacial score (nSPS) is 11.1. The molecule has 0 radical (unpaired) electrons. The van der Waals surface area contributed by atoms with E-state index in [0.717, 1.165) is 5.56 Å². The highest BCUT2D eigenvalue weighted by Crippen LogP contribution is 2.15. The first-order chi connectivity index (χ1) is 10.1. The molecular weight excluding hydrogens is 306 g/mol. The second kappa shape index (κ2) is 8.11. The molecule has 0 aliphatic rings. The minimum Gasteiger partial charge on any atom is -0.325 e. The Morgan fingerprint density at radius 1 is 1.14 bits per heavy atom. The summed E-state index contributed by atoms with van der Waals surface area (Å²) in [6, 6.07) is 14.4. The summed E-state index contributed by atoms with van der Waals surface area (Å²) in [6.07, 6.45) is 0.430.